The predicted molar refractivity (Wildman–Crippen MR) is 131 cm³/mol. The number of hydrogen-bond donors (Lipinski definition) is 1. The van der Waals surface area contributed by atoms with Gasteiger partial charge in [0.15, 0.2) is 5.69 Å². The van der Waals surface area contributed by atoms with Gasteiger partial charge in [0.2, 0.25) is 0 Å². The van der Waals surface area contributed by atoms with Gasteiger partial charge in [-0.25, -0.2) is 13.6 Å². The van der Waals surface area contributed by atoms with Crippen molar-refractivity contribution in [3.8, 4) is 17.0 Å². The zero-order valence-electron chi connectivity index (χ0n) is 19.5. The lowest BCUT2D eigenvalue weighted by atomic mass is 10.0. The van der Waals surface area contributed by atoms with Crippen molar-refractivity contribution in [3.05, 3.63) is 105 Å². The number of ether oxygens (including phenoxy) is 1. The van der Waals surface area contributed by atoms with E-state index < -0.39 is 23.5 Å². The van der Waals surface area contributed by atoms with Crippen LogP contribution in [0.2, 0.25) is 5.02 Å². The Hall–Kier alpha value is -4.24. The molecule has 3 aromatic carbocycles. The molecule has 10 heteroatoms. The van der Waals surface area contributed by atoms with Gasteiger partial charge in [0.1, 0.15) is 24.0 Å². The lowest BCUT2D eigenvalue weighted by Gasteiger charge is -2.24. The maximum absolute atomic E-state index is 13.9. The molecular weight excluding hydrogens is 504 g/mol. The van der Waals surface area contributed by atoms with Crippen LogP contribution in [0.1, 0.15) is 37.5 Å². The lowest BCUT2D eigenvalue weighted by molar-refractivity contribution is 0.0692. The number of rotatable bonds is 6. The second-order valence-electron chi connectivity index (χ2n) is 8.67. The van der Waals surface area contributed by atoms with E-state index in [2.05, 4.69) is 5.10 Å². The number of aromatic carboxylic acids is 1. The van der Waals surface area contributed by atoms with Crippen molar-refractivity contribution < 1.29 is 28.2 Å². The summed E-state index contributed by atoms with van der Waals surface area (Å²) in [7, 11) is 1.71. The summed E-state index contributed by atoms with van der Waals surface area (Å²) in [6.07, 6.45) is 0. The van der Waals surface area contributed by atoms with Gasteiger partial charge < -0.3 is 14.7 Å². The van der Waals surface area contributed by atoms with E-state index >= 15 is 0 Å². The molecule has 0 radical (unpaired) electrons. The third kappa shape index (κ3) is 4.90. The first-order valence-electron chi connectivity index (χ1n) is 11.2. The molecule has 0 unspecified atom stereocenters. The van der Waals surface area contributed by atoms with Crippen molar-refractivity contribution in [2.24, 2.45) is 7.05 Å². The molecule has 0 aliphatic carbocycles. The molecule has 4 aromatic rings. The molecule has 1 aliphatic heterocycles. The molecule has 1 amide bonds. The van der Waals surface area contributed by atoms with E-state index in [-0.39, 0.29) is 36.5 Å². The highest BCUT2D eigenvalue weighted by atomic mass is 35.5. The fourth-order valence-electron chi connectivity index (χ4n) is 4.42. The molecule has 0 fully saturated rings. The van der Waals surface area contributed by atoms with E-state index in [1.807, 2.05) is 0 Å². The molecule has 1 aromatic heterocycles. The van der Waals surface area contributed by atoms with E-state index in [4.69, 9.17) is 16.3 Å². The number of aromatic nitrogens is 2. The molecule has 2 heterocycles. The SMILES string of the molecule is Cn1nc(C(=O)N(Cc2ccc(C(=O)O)cc2)Cc2cc(F)cc(F)c2)c2c1-c1cc(Cl)ccc1OC2. The summed E-state index contributed by atoms with van der Waals surface area (Å²) >= 11 is 6.19. The van der Waals surface area contributed by atoms with Crippen molar-refractivity contribution in [1.29, 1.82) is 0 Å². The van der Waals surface area contributed by atoms with Gasteiger partial charge in [-0.1, -0.05) is 23.7 Å². The number of amides is 1. The van der Waals surface area contributed by atoms with Gasteiger partial charge in [0, 0.05) is 42.4 Å². The molecule has 188 valence electrons. The average molecular weight is 524 g/mol. The van der Waals surface area contributed by atoms with Crippen LogP contribution in [0, 0.1) is 11.6 Å². The Bertz CT molecular complexity index is 1520. The van der Waals surface area contributed by atoms with Crippen LogP contribution < -0.4 is 4.74 Å². The number of carboxylic acids is 1. The summed E-state index contributed by atoms with van der Waals surface area (Å²) < 4.78 is 35.3. The minimum atomic E-state index is -1.07. The summed E-state index contributed by atoms with van der Waals surface area (Å²) in [5.74, 6) is -2.45. The quantitative estimate of drug-likeness (QED) is 0.363. The number of aryl methyl sites for hydroxylation is 1. The van der Waals surface area contributed by atoms with Crippen LogP contribution in [-0.4, -0.2) is 31.7 Å². The Morgan fingerprint density at radius 1 is 1.03 bits per heavy atom. The molecule has 7 nitrogen and oxygen atoms in total. The van der Waals surface area contributed by atoms with E-state index in [1.165, 1.54) is 17.0 Å². The number of benzene rings is 3. The van der Waals surface area contributed by atoms with Crippen LogP contribution in [0.4, 0.5) is 8.78 Å². The predicted octanol–water partition coefficient (Wildman–Crippen LogP) is 5.45. The molecule has 0 saturated carbocycles. The van der Waals surface area contributed by atoms with Crippen molar-refractivity contribution in [2.75, 3.05) is 0 Å². The van der Waals surface area contributed by atoms with Crippen LogP contribution in [0.25, 0.3) is 11.3 Å². The number of nitrogens with zero attached hydrogens (tertiary/aromatic N) is 3. The minimum Gasteiger partial charge on any atom is -0.488 e. The lowest BCUT2D eigenvalue weighted by Crippen LogP contribution is -2.31. The molecule has 1 N–H and O–H groups in total. The maximum atomic E-state index is 13.9. The highest BCUT2D eigenvalue weighted by molar-refractivity contribution is 6.31. The second-order valence-corrected chi connectivity index (χ2v) is 9.11. The van der Waals surface area contributed by atoms with Gasteiger partial charge in [0.05, 0.1) is 11.3 Å². The minimum absolute atomic E-state index is 0.0471. The first-order valence-corrected chi connectivity index (χ1v) is 11.6. The number of carbonyl (C=O) groups excluding carboxylic acids is 1. The standard InChI is InChI=1S/C27H20ClF2N3O4/c1-32-25-21-10-18(28)6-7-23(21)37-14-22(25)24(31-32)26(34)33(13-16-8-19(29)11-20(30)9-16)12-15-2-4-17(5-3-15)27(35)36/h2-11H,12-14H2,1H3,(H,35,36). The fourth-order valence-corrected chi connectivity index (χ4v) is 4.59. The Kier molecular flexibility index (Phi) is 6.39. The van der Waals surface area contributed by atoms with Crippen molar-refractivity contribution in [1.82, 2.24) is 14.7 Å². The summed E-state index contributed by atoms with van der Waals surface area (Å²) in [6.45, 7) is 0.0446. The normalized spacial score (nSPS) is 11.9. The number of halogens is 3. The van der Waals surface area contributed by atoms with E-state index in [0.717, 1.165) is 18.2 Å². The Balaban J connectivity index is 1.53. The first kappa shape index (κ1) is 24.5. The number of hydrogen-bond acceptors (Lipinski definition) is 4. The summed E-state index contributed by atoms with van der Waals surface area (Å²) in [5, 5.41) is 14.2. The van der Waals surface area contributed by atoms with E-state index in [0.29, 0.717) is 33.2 Å². The molecule has 0 spiro atoms. The van der Waals surface area contributed by atoms with Gasteiger partial charge in [-0.15, -0.1) is 0 Å². The highest BCUT2D eigenvalue weighted by Crippen LogP contribution is 2.40. The number of fused-ring (bicyclic) bond motifs is 3. The molecule has 37 heavy (non-hydrogen) atoms. The smallest absolute Gasteiger partial charge is 0.335 e. The highest BCUT2D eigenvalue weighted by Gasteiger charge is 2.31. The Labute approximate surface area is 215 Å². The topological polar surface area (TPSA) is 84.7 Å². The number of carbonyl (C=O) groups is 2. The zero-order valence-corrected chi connectivity index (χ0v) is 20.3. The van der Waals surface area contributed by atoms with E-state index in [1.54, 1.807) is 42.1 Å². The monoisotopic (exact) mass is 523 g/mol. The van der Waals surface area contributed by atoms with Gasteiger partial charge in [-0.2, -0.15) is 5.10 Å². The maximum Gasteiger partial charge on any atom is 0.335 e. The largest absolute Gasteiger partial charge is 0.488 e. The average Bonchev–Trinajstić information content (AvgIpc) is 3.19. The molecule has 0 atom stereocenters. The van der Waals surface area contributed by atoms with Crippen molar-refractivity contribution in [3.63, 3.8) is 0 Å². The summed E-state index contributed by atoms with van der Waals surface area (Å²) in [4.78, 5) is 26.5. The molecule has 5 rings (SSSR count). The van der Waals surface area contributed by atoms with Crippen molar-refractivity contribution >= 4 is 23.5 Å². The second kappa shape index (κ2) is 9.67. The number of carboxylic acid groups (broad SMARTS) is 1. The van der Waals surface area contributed by atoms with Crippen LogP contribution in [0.5, 0.6) is 5.75 Å². The fraction of sp³-hybridized carbons (Fsp3) is 0.148. The summed E-state index contributed by atoms with van der Waals surface area (Å²) in [6, 6.07) is 14.3. The van der Waals surface area contributed by atoms with Crippen LogP contribution in [0.3, 0.4) is 0 Å². The Morgan fingerprint density at radius 3 is 2.38 bits per heavy atom. The first-order chi connectivity index (χ1) is 17.7. The van der Waals surface area contributed by atoms with Gasteiger partial charge in [-0.05, 0) is 53.6 Å². The van der Waals surface area contributed by atoms with Gasteiger partial charge >= 0.3 is 5.97 Å². The Morgan fingerprint density at radius 2 is 1.70 bits per heavy atom. The van der Waals surface area contributed by atoms with Gasteiger partial charge in [0.25, 0.3) is 5.91 Å². The summed E-state index contributed by atoms with van der Waals surface area (Å²) in [5.41, 5.74) is 3.09. The molecule has 1 aliphatic rings. The van der Waals surface area contributed by atoms with Crippen LogP contribution in [0.15, 0.2) is 60.7 Å². The van der Waals surface area contributed by atoms with Gasteiger partial charge in [-0.3, -0.25) is 9.48 Å². The molecule has 0 saturated heterocycles. The van der Waals surface area contributed by atoms with E-state index in [9.17, 15) is 23.5 Å². The third-order valence-electron chi connectivity index (χ3n) is 6.07. The van der Waals surface area contributed by atoms with Crippen LogP contribution >= 0.6 is 11.6 Å². The molecular formula is C27H20ClF2N3O4. The van der Waals surface area contributed by atoms with Crippen molar-refractivity contribution in [2.45, 2.75) is 19.7 Å². The zero-order chi connectivity index (χ0) is 26.3. The van der Waals surface area contributed by atoms with Crippen LogP contribution in [-0.2, 0) is 26.7 Å². The third-order valence-corrected chi connectivity index (χ3v) is 6.31. The molecule has 0 bridgehead atoms.